The number of nitriles is 1. The molecule has 0 saturated heterocycles. The van der Waals surface area contributed by atoms with E-state index in [4.69, 9.17) is 19.5 Å². The second kappa shape index (κ2) is 8.53. The van der Waals surface area contributed by atoms with Gasteiger partial charge in [-0.25, -0.2) is 4.79 Å². The summed E-state index contributed by atoms with van der Waals surface area (Å²) >= 11 is 0. The monoisotopic (exact) mass is 354 g/mol. The van der Waals surface area contributed by atoms with Crippen LogP contribution in [0, 0.1) is 11.3 Å². The van der Waals surface area contributed by atoms with Crippen LogP contribution in [0.2, 0.25) is 0 Å². The quantitative estimate of drug-likeness (QED) is 0.801. The molecule has 0 heterocycles. The van der Waals surface area contributed by atoms with E-state index in [1.54, 1.807) is 30.3 Å². The molecule has 2 rings (SSSR count). The summed E-state index contributed by atoms with van der Waals surface area (Å²) in [4.78, 5) is 24.6. The molecule has 0 aromatic heterocycles. The van der Waals surface area contributed by atoms with Gasteiger partial charge in [0, 0.05) is 6.07 Å². The van der Waals surface area contributed by atoms with Crippen LogP contribution >= 0.6 is 0 Å². The molecule has 1 atom stereocenters. The Morgan fingerprint density at radius 2 is 1.69 bits per heavy atom. The van der Waals surface area contributed by atoms with E-state index in [1.807, 2.05) is 6.07 Å². The molecule has 0 aliphatic rings. The number of rotatable bonds is 6. The van der Waals surface area contributed by atoms with E-state index in [1.165, 1.54) is 33.3 Å². The number of hydrogen-bond donors (Lipinski definition) is 1. The van der Waals surface area contributed by atoms with Crippen molar-refractivity contribution in [1.82, 2.24) is 0 Å². The Hall–Kier alpha value is -3.53. The maximum atomic E-state index is 12.3. The number of anilines is 1. The van der Waals surface area contributed by atoms with Crippen LogP contribution in [-0.2, 0) is 9.53 Å². The molecule has 134 valence electrons. The zero-order valence-corrected chi connectivity index (χ0v) is 14.6. The molecule has 7 nitrogen and oxygen atoms in total. The molecular weight excluding hydrogens is 336 g/mol. The molecule has 0 aliphatic carbocycles. The summed E-state index contributed by atoms with van der Waals surface area (Å²) in [5, 5.41) is 11.6. The SMILES string of the molecule is COc1cc(OC)cc(C(=O)O[C@@H](C)C(=O)Nc2ccccc2C#N)c1. The third-order valence-electron chi connectivity index (χ3n) is 3.55. The van der Waals surface area contributed by atoms with Crippen molar-refractivity contribution in [3.05, 3.63) is 53.6 Å². The number of para-hydroxylation sites is 1. The summed E-state index contributed by atoms with van der Waals surface area (Å²) in [6.45, 7) is 1.44. The third-order valence-corrected chi connectivity index (χ3v) is 3.55. The maximum absolute atomic E-state index is 12.3. The van der Waals surface area contributed by atoms with Crippen molar-refractivity contribution in [3.8, 4) is 17.6 Å². The van der Waals surface area contributed by atoms with E-state index >= 15 is 0 Å². The zero-order valence-electron chi connectivity index (χ0n) is 14.6. The highest BCUT2D eigenvalue weighted by Crippen LogP contribution is 2.23. The van der Waals surface area contributed by atoms with Crippen molar-refractivity contribution < 1.29 is 23.8 Å². The van der Waals surface area contributed by atoms with Gasteiger partial charge < -0.3 is 19.5 Å². The van der Waals surface area contributed by atoms with Gasteiger partial charge >= 0.3 is 5.97 Å². The molecule has 0 radical (unpaired) electrons. The van der Waals surface area contributed by atoms with E-state index in [9.17, 15) is 9.59 Å². The highest BCUT2D eigenvalue weighted by atomic mass is 16.5. The number of nitrogens with zero attached hydrogens (tertiary/aromatic N) is 1. The summed E-state index contributed by atoms with van der Waals surface area (Å²) in [5.74, 6) is -0.387. The standard InChI is InChI=1S/C19H18N2O5/c1-12(18(22)21-17-7-5-4-6-13(17)11-20)26-19(23)14-8-15(24-2)10-16(9-14)25-3/h4-10,12H,1-3H3,(H,21,22)/t12-/m0/s1. The number of nitrogens with one attached hydrogen (secondary N) is 1. The number of esters is 1. The lowest BCUT2D eigenvalue weighted by molar-refractivity contribution is -0.123. The van der Waals surface area contributed by atoms with Crippen molar-refractivity contribution in [2.75, 3.05) is 19.5 Å². The summed E-state index contributed by atoms with van der Waals surface area (Å²) in [5.41, 5.74) is 0.862. The molecule has 7 heteroatoms. The minimum absolute atomic E-state index is 0.193. The molecular formula is C19H18N2O5. The molecule has 0 spiro atoms. The first-order chi connectivity index (χ1) is 12.5. The topological polar surface area (TPSA) is 97.7 Å². The lowest BCUT2D eigenvalue weighted by Gasteiger charge is -2.15. The van der Waals surface area contributed by atoms with Crippen LogP contribution in [0.3, 0.4) is 0 Å². The Morgan fingerprint density at radius 3 is 2.27 bits per heavy atom. The number of hydrogen-bond acceptors (Lipinski definition) is 6. The largest absolute Gasteiger partial charge is 0.497 e. The first-order valence-electron chi connectivity index (χ1n) is 7.72. The van der Waals surface area contributed by atoms with E-state index in [-0.39, 0.29) is 5.56 Å². The van der Waals surface area contributed by atoms with Crippen molar-refractivity contribution in [3.63, 3.8) is 0 Å². The number of methoxy groups -OCH3 is 2. The highest BCUT2D eigenvalue weighted by Gasteiger charge is 2.21. The number of benzene rings is 2. The molecule has 0 unspecified atom stereocenters. The van der Waals surface area contributed by atoms with E-state index in [2.05, 4.69) is 5.32 Å². The van der Waals surface area contributed by atoms with Crippen molar-refractivity contribution in [2.24, 2.45) is 0 Å². The molecule has 2 aromatic rings. The lowest BCUT2D eigenvalue weighted by Crippen LogP contribution is -2.30. The molecule has 0 saturated carbocycles. The van der Waals surface area contributed by atoms with Gasteiger partial charge in [-0.15, -0.1) is 0 Å². The fourth-order valence-electron chi connectivity index (χ4n) is 2.13. The average molecular weight is 354 g/mol. The van der Waals surface area contributed by atoms with E-state index in [0.717, 1.165) is 0 Å². The normalized spacial score (nSPS) is 11.0. The van der Waals surface area contributed by atoms with Crippen LogP contribution in [0.5, 0.6) is 11.5 Å². The molecule has 26 heavy (non-hydrogen) atoms. The van der Waals surface area contributed by atoms with Gasteiger partial charge in [0.25, 0.3) is 5.91 Å². The Bertz CT molecular complexity index is 835. The van der Waals surface area contributed by atoms with Crippen LogP contribution in [0.4, 0.5) is 5.69 Å². The number of ether oxygens (including phenoxy) is 3. The molecule has 1 amide bonds. The van der Waals surface area contributed by atoms with Gasteiger partial charge in [0.15, 0.2) is 6.10 Å². The first-order valence-corrected chi connectivity index (χ1v) is 7.72. The van der Waals surface area contributed by atoms with E-state index in [0.29, 0.717) is 22.7 Å². The van der Waals surface area contributed by atoms with Crippen molar-refractivity contribution >= 4 is 17.6 Å². The molecule has 1 N–H and O–H groups in total. The molecule has 0 bridgehead atoms. The fraction of sp³-hybridized carbons (Fsp3) is 0.211. The Morgan fingerprint density at radius 1 is 1.08 bits per heavy atom. The number of carbonyl (C=O) groups excluding carboxylic acids is 2. The molecule has 0 aliphatic heterocycles. The van der Waals surface area contributed by atoms with Gasteiger partial charge in [0.05, 0.1) is 31.0 Å². The molecule has 2 aromatic carbocycles. The van der Waals surface area contributed by atoms with Crippen LogP contribution in [0.1, 0.15) is 22.8 Å². The maximum Gasteiger partial charge on any atom is 0.339 e. The Labute approximate surface area is 151 Å². The number of carbonyl (C=O) groups is 2. The zero-order chi connectivity index (χ0) is 19.1. The molecule has 0 fully saturated rings. The van der Waals surface area contributed by atoms with Crippen LogP contribution in [0.25, 0.3) is 0 Å². The average Bonchev–Trinajstić information content (AvgIpc) is 2.67. The smallest absolute Gasteiger partial charge is 0.339 e. The Kier molecular flexibility index (Phi) is 6.17. The summed E-state index contributed by atoms with van der Waals surface area (Å²) in [7, 11) is 2.93. The van der Waals surface area contributed by atoms with Crippen LogP contribution < -0.4 is 14.8 Å². The summed E-state index contributed by atoms with van der Waals surface area (Å²) in [6.07, 6.45) is -1.06. The summed E-state index contributed by atoms with van der Waals surface area (Å²) in [6, 6.07) is 13.1. The van der Waals surface area contributed by atoms with Gasteiger partial charge in [-0.05, 0) is 31.2 Å². The summed E-state index contributed by atoms with van der Waals surface area (Å²) < 4.78 is 15.4. The second-order valence-electron chi connectivity index (χ2n) is 5.30. The fourth-order valence-corrected chi connectivity index (χ4v) is 2.13. The van der Waals surface area contributed by atoms with Crippen molar-refractivity contribution in [2.45, 2.75) is 13.0 Å². The van der Waals surface area contributed by atoms with Gasteiger partial charge in [-0.2, -0.15) is 5.26 Å². The van der Waals surface area contributed by atoms with Crippen LogP contribution in [0.15, 0.2) is 42.5 Å². The lowest BCUT2D eigenvalue weighted by atomic mass is 10.2. The van der Waals surface area contributed by atoms with Gasteiger partial charge in [-0.1, -0.05) is 12.1 Å². The highest BCUT2D eigenvalue weighted by molar-refractivity contribution is 5.98. The van der Waals surface area contributed by atoms with E-state index < -0.39 is 18.0 Å². The number of amides is 1. The van der Waals surface area contributed by atoms with Gasteiger partial charge in [0.2, 0.25) is 0 Å². The minimum Gasteiger partial charge on any atom is -0.497 e. The predicted octanol–water partition coefficient (Wildman–Crippen LogP) is 2.76. The van der Waals surface area contributed by atoms with Crippen molar-refractivity contribution in [1.29, 1.82) is 5.26 Å². The van der Waals surface area contributed by atoms with Gasteiger partial charge in [0.1, 0.15) is 17.6 Å². The Balaban J connectivity index is 2.09. The second-order valence-corrected chi connectivity index (χ2v) is 5.30. The van der Waals surface area contributed by atoms with Gasteiger partial charge in [-0.3, -0.25) is 4.79 Å². The first kappa shape index (κ1) is 18.8. The van der Waals surface area contributed by atoms with Crippen LogP contribution in [-0.4, -0.2) is 32.2 Å². The predicted molar refractivity (Wildman–Crippen MR) is 94.2 cm³/mol. The minimum atomic E-state index is -1.06. The third kappa shape index (κ3) is 4.51.